The van der Waals surface area contributed by atoms with Crippen LogP contribution in [-0.2, 0) is 11.8 Å². The van der Waals surface area contributed by atoms with Crippen molar-refractivity contribution in [3.05, 3.63) is 11.7 Å². The predicted octanol–water partition coefficient (Wildman–Crippen LogP) is 0.425. The molecule has 1 aromatic rings. The molecular weight excluding hydrogens is 216 g/mol. The molecule has 2 fully saturated rings. The maximum absolute atomic E-state index is 5.52. The number of likely N-dealkylation sites (tertiary alicyclic amines) is 1. The first-order valence-electron chi connectivity index (χ1n) is 6.47. The molecule has 0 spiro atoms. The van der Waals surface area contributed by atoms with Gasteiger partial charge >= 0.3 is 0 Å². The number of aryl methyl sites for hydroxylation is 1. The number of aromatic nitrogens is 2. The van der Waals surface area contributed by atoms with Gasteiger partial charge in [0, 0.05) is 26.1 Å². The van der Waals surface area contributed by atoms with E-state index in [9.17, 15) is 0 Å². The standard InChI is InChI=1S/C12H20N4O/c1-3-10-14-11(17-15-10)12-4-5-16(2)7-9(12)6-13-8-12/h9,13H,3-8H2,1-2H3. The summed E-state index contributed by atoms with van der Waals surface area (Å²) in [5.41, 5.74) is 0.0902. The molecule has 0 amide bonds. The van der Waals surface area contributed by atoms with Crippen LogP contribution in [0.25, 0.3) is 0 Å². The maximum Gasteiger partial charge on any atom is 0.234 e. The predicted molar refractivity (Wildman–Crippen MR) is 63.8 cm³/mol. The van der Waals surface area contributed by atoms with Gasteiger partial charge in [0.25, 0.3) is 0 Å². The molecule has 17 heavy (non-hydrogen) atoms. The Hall–Kier alpha value is -0.940. The van der Waals surface area contributed by atoms with Gasteiger partial charge in [-0.25, -0.2) is 0 Å². The lowest BCUT2D eigenvalue weighted by atomic mass is 9.72. The number of piperidine rings is 1. The first-order valence-corrected chi connectivity index (χ1v) is 6.47. The van der Waals surface area contributed by atoms with Crippen LogP contribution in [0.15, 0.2) is 4.52 Å². The van der Waals surface area contributed by atoms with E-state index in [0.717, 1.165) is 50.7 Å². The largest absolute Gasteiger partial charge is 0.339 e. The third-order valence-corrected chi connectivity index (χ3v) is 4.29. The molecule has 2 atom stereocenters. The van der Waals surface area contributed by atoms with E-state index in [1.165, 1.54) is 0 Å². The minimum Gasteiger partial charge on any atom is -0.339 e. The van der Waals surface area contributed by atoms with Crippen LogP contribution < -0.4 is 5.32 Å². The molecule has 5 heteroatoms. The highest BCUT2D eigenvalue weighted by atomic mass is 16.5. The van der Waals surface area contributed by atoms with Crippen molar-refractivity contribution in [3.63, 3.8) is 0 Å². The number of hydrogen-bond acceptors (Lipinski definition) is 5. The molecule has 2 aliphatic heterocycles. The molecule has 3 rings (SSSR count). The van der Waals surface area contributed by atoms with E-state index < -0.39 is 0 Å². The average Bonchev–Trinajstić information content (AvgIpc) is 2.94. The lowest BCUT2D eigenvalue weighted by Gasteiger charge is -2.39. The second-order valence-corrected chi connectivity index (χ2v) is 5.37. The Kier molecular flexibility index (Phi) is 2.67. The van der Waals surface area contributed by atoms with Gasteiger partial charge in [0.2, 0.25) is 5.89 Å². The highest BCUT2D eigenvalue weighted by Crippen LogP contribution is 2.41. The molecular formula is C12H20N4O. The van der Waals surface area contributed by atoms with E-state index in [1.54, 1.807) is 0 Å². The molecule has 2 aliphatic rings. The molecule has 94 valence electrons. The fraction of sp³-hybridized carbons (Fsp3) is 0.833. The van der Waals surface area contributed by atoms with E-state index in [2.05, 4.69) is 34.3 Å². The smallest absolute Gasteiger partial charge is 0.234 e. The van der Waals surface area contributed by atoms with E-state index in [4.69, 9.17) is 4.52 Å². The Bertz CT molecular complexity index is 405. The Labute approximate surface area is 102 Å². The number of nitrogens with zero attached hydrogens (tertiary/aromatic N) is 3. The molecule has 0 saturated carbocycles. The van der Waals surface area contributed by atoms with Gasteiger partial charge < -0.3 is 14.7 Å². The topological polar surface area (TPSA) is 54.2 Å². The molecule has 0 aromatic carbocycles. The zero-order valence-corrected chi connectivity index (χ0v) is 10.6. The van der Waals surface area contributed by atoms with E-state index in [0.29, 0.717) is 5.92 Å². The molecule has 0 aliphatic carbocycles. The molecule has 3 heterocycles. The van der Waals surface area contributed by atoms with Gasteiger partial charge in [0.1, 0.15) is 0 Å². The van der Waals surface area contributed by atoms with Crippen LogP contribution in [0.3, 0.4) is 0 Å². The van der Waals surface area contributed by atoms with E-state index in [1.807, 2.05) is 0 Å². The third kappa shape index (κ3) is 1.68. The lowest BCUT2D eigenvalue weighted by molar-refractivity contribution is 0.118. The molecule has 2 unspecified atom stereocenters. The number of fused-ring (bicyclic) bond motifs is 1. The van der Waals surface area contributed by atoms with Crippen LogP contribution in [0, 0.1) is 5.92 Å². The van der Waals surface area contributed by atoms with Crippen LogP contribution in [0.1, 0.15) is 25.1 Å². The van der Waals surface area contributed by atoms with Gasteiger partial charge in [-0.05, 0) is 25.9 Å². The molecule has 0 bridgehead atoms. The monoisotopic (exact) mass is 236 g/mol. The van der Waals surface area contributed by atoms with Gasteiger partial charge in [0.05, 0.1) is 5.41 Å². The zero-order chi connectivity index (χ0) is 11.9. The summed E-state index contributed by atoms with van der Waals surface area (Å²) in [5.74, 6) is 2.29. The van der Waals surface area contributed by atoms with Crippen molar-refractivity contribution in [2.45, 2.75) is 25.2 Å². The van der Waals surface area contributed by atoms with Crippen molar-refractivity contribution >= 4 is 0 Å². The average molecular weight is 236 g/mol. The maximum atomic E-state index is 5.52. The van der Waals surface area contributed by atoms with Crippen LogP contribution in [-0.4, -0.2) is 48.3 Å². The normalized spacial score (nSPS) is 33.9. The molecule has 0 radical (unpaired) electrons. The van der Waals surface area contributed by atoms with Gasteiger partial charge in [-0.2, -0.15) is 4.98 Å². The highest BCUT2D eigenvalue weighted by molar-refractivity contribution is 5.16. The Balaban J connectivity index is 1.93. The summed E-state index contributed by atoms with van der Waals surface area (Å²) in [6.45, 7) is 6.34. The summed E-state index contributed by atoms with van der Waals surface area (Å²) < 4.78 is 5.52. The molecule has 2 saturated heterocycles. The number of hydrogen-bond donors (Lipinski definition) is 1. The van der Waals surface area contributed by atoms with Gasteiger partial charge in [-0.15, -0.1) is 0 Å². The minimum atomic E-state index is 0.0902. The van der Waals surface area contributed by atoms with Crippen LogP contribution in [0.4, 0.5) is 0 Å². The van der Waals surface area contributed by atoms with Crippen molar-refractivity contribution in [3.8, 4) is 0 Å². The summed E-state index contributed by atoms with van der Waals surface area (Å²) in [6.07, 6.45) is 1.96. The van der Waals surface area contributed by atoms with Crippen molar-refractivity contribution in [1.29, 1.82) is 0 Å². The lowest BCUT2D eigenvalue weighted by Crippen LogP contribution is -2.48. The SMILES string of the molecule is CCc1noc(C23CCN(C)CC2CNC3)n1. The molecule has 5 nitrogen and oxygen atoms in total. The van der Waals surface area contributed by atoms with E-state index in [-0.39, 0.29) is 5.41 Å². The van der Waals surface area contributed by atoms with Gasteiger partial charge in [0.15, 0.2) is 5.82 Å². The van der Waals surface area contributed by atoms with Crippen LogP contribution in [0.5, 0.6) is 0 Å². The summed E-state index contributed by atoms with van der Waals surface area (Å²) in [7, 11) is 2.19. The van der Waals surface area contributed by atoms with Crippen molar-refractivity contribution in [2.24, 2.45) is 5.92 Å². The fourth-order valence-electron chi connectivity index (χ4n) is 3.16. The summed E-state index contributed by atoms with van der Waals surface area (Å²) in [4.78, 5) is 6.97. The van der Waals surface area contributed by atoms with E-state index >= 15 is 0 Å². The first-order chi connectivity index (χ1) is 8.24. The number of nitrogens with one attached hydrogen (secondary N) is 1. The second-order valence-electron chi connectivity index (χ2n) is 5.37. The Morgan fingerprint density at radius 2 is 2.47 bits per heavy atom. The summed E-state index contributed by atoms with van der Waals surface area (Å²) in [5, 5.41) is 7.55. The van der Waals surface area contributed by atoms with Gasteiger partial charge in [-0.1, -0.05) is 12.1 Å². The van der Waals surface area contributed by atoms with Crippen molar-refractivity contribution in [2.75, 3.05) is 33.2 Å². The fourth-order valence-corrected chi connectivity index (χ4v) is 3.16. The Morgan fingerprint density at radius 1 is 1.59 bits per heavy atom. The summed E-state index contributed by atoms with van der Waals surface area (Å²) >= 11 is 0. The minimum absolute atomic E-state index is 0.0902. The van der Waals surface area contributed by atoms with Crippen LogP contribution in [0.2, 0.25) is 0 Å². The third-order valence-electron chi connectivity index (χ3n) is 4.29. The molecule has 1 N–H and O–H groups in total. The number of rotatable bonds is 2. The van der Waals surface area contributed by atoms with Crippen molar-refractivity contribution < 1.29 is 4.52 Å². The second kappa shape index (κ2) is 4.07. The van der Waals surface area contributed by atoms with Crippen LogP contribution >= 0.6 is 0 Å². The zero-order valence-electron chi connectivity index (χ0n) is 10.6. The quantitative estimate of drug-likeness (QED) is 0.807. The molecule has 1 aromatic heterocycles. The highest BCUT2D eigenvalue weighted by Gasteiger charge is 2.50. The van der Waals surface area contributed by atoms with Gasteiger partial charge in [-0.3, -0.25) is 0 Å². The van der Waals surface area contributed by atoms with Crippen molar-refractivity contribution in [1.82, 2.24) is 20.4 Å². The summed E-state index contributed by atoms with van der Waals surface area (Å²) in [6, 6.07) is 0. The Morgan fingerprint density at radius 3 is 3.24 bits per heavy atom. The first kappa shape index (κ1) is 11.2.